The molecule has 34 heteroatoms. The second-order valence-electron chi connectivity index (χ2n) is 37.7. The van der Waals surface area contributed by atoms with Crippen LogP contribution in [0.2, 0.25) is 10.0 Å². The van der Waals surface area contributed by atoms with Crippen LogP contribution in [-0.2, 0) is 46.7 Å². The van der Waals surface area contributed by atoms with Crippen LogP contribution < -0.4 is 39.9 Å². The molecular formula is C104H117Cl2N17O13S2. The minimum absolute atomic E-state index is 0.0313. The second-order valence-corrected chi connectivity index (χ2v) is 42.3. The van der Waals surface area contributed by atoms with Crippen molar-refractivity contribution < 1.29 is 59.6 Å². The highest BCUT2D eigenvalue weighted by Crippen LogP contribution is 2.38. The van der Waals surface area contributed by atoms with Crippen LogP contribution in [0.3, 0.4) is 0 Å². The number of ether oxygens (including phenoxy) is 6. The van der Waals surface area contributed by atoms with Gasteiger partial charge in [0.05, 0.1) is 69.5 Å². The van der Waals surface area contributed by atoms with Crippen LogP contribution in [0, 0.1) is 34.6 Å². The molecule has 5 heterocycles. The zero-order valence-electron chi connectivity index (χ0n) is 82.4. The van der Waals surface area contributed by atoms with E-state index in [0.29, 0.717) is 118 Å². The topological polar surface area (TPSA) is 380 Å². The monoisotopic (exact) mass is 1950 g/mol. The molecule has 0 atom stereocenters. The molecule has 0 saturated carbocycles. The number of nitrogens with two attached hydrogens (primary N) is 2. The van der Waals surface area contributed by atoms with Crippen LogP contribution in [0.4, 0.5) is 11.6 Å². The molecule has 0 saturated heterocycles. The number of anilines is 2. The standard InChI is InChI=1S/C22H25N3O3.C22H25N3O2.C21H22ClN3O2.C20H24N4O3S.C19H21ClN4O3S/c1-14-20(21(26)15-7-9-16(10-8-15)22(2,3)4)23-24-25(14)18-13-17(27-5)11-12-19(18)28-6;1-14-7-12-19(27-6)18(13-14)25-15(2)20(23-24-25)21(26)16-8-10-17(11-9-16)22(3,4)5;1-13-19(20(26)14-6-8-15(9-7-14)21(2,3)4)23-24-25(13)17-12-16(22)10-11-18(17)27-5;1-13-6-11-17(27-5)16(12-13)24-18(21)19(22-23-24)28(25,26)15-9-7-14(8-10-15)20(2,3)4;1-19(2,3)12-5-8-14(9-6-12)28(25,26)18-17(21)24(23-22-18)15-11-13(20)7-10-16(15)27-4/h7-13H,1-6H3;7-13H,1-6H3;6-12H,1-5H3;6-12H,21H2,1-5H3;5-11H,21H2,1-4H3. The third-order valence-corrected chi connectivity index (χ3v) is 26.6. The third kappa shape index (κ3) is 23.4. The number of aromatic nitrogens is 15. The lowest BCUT2D eigenvalue weighted by molar-refractivity contribution is 0.102. The van der Waals surface area contributed by atoms with Gasteiger partial charge in [0.2, 0.25) is 47.1 Å². The number of hydrogen-bond acceptors (Lipinski definition) is 25. The lowest BCUT2D eigenvalue weighted by Crippen LogP contribution is -2.12. The molecule has 138 heavy (non-hydrogen) atoms. The Hall–Kier alpha value is -14.2. The van der Waals surface area contributed by atoms with Gasteiger partial charge in [0.25, 0.3) is 0 Å². The van der Waals surface area contributed by atoms with E-state index in [1.165, 1.54) is 40.3 Å². The Balaban J connectivity index is 0.000000165. The number of methoxy groups -OCH3 is 6. The number of aryl methyl sites for hydroxylation is 2. The van der Waals surface area contributed by atoms with Gasteiger partial charge in [-0.25, -0.2) is 30.9 Å². The first-order valence-electron chi connectivity index (χ1n) is 43.9. The summed E-state index contributed by atoms with van der Waals surface area (Å²) in [5, 5.41) is 40.9. The summed E-state index contributed by atoms with van der Waals surface area (Å²) in [5.41, 5.74) is 27.4. The Bertz CT molecular complexity index is 6840. The molecule has 15 rings (SSSR count). The Labute approximate surface area is 815 Å². The predicted octanol–water partition coefficient (Wildman–Crippen LogP) is 20.2. The average molecular weight is 1950 g/mol. The molecule has 0 spiro atoms. The largest absolute Gasteiger partial charge is 0.497 e. The zero-order chi connectivity index (χ0) is 101. The van der Waals surface area contributed by atoms with Crippen LogP contribution in [0.25, 0.3) is 28.4 Å². The fourth-order valence-corrected chi connectivity index (χ4v) is 17.2. The van der Waals surface area contributed by atoms with E-state index in [1.54, 1.807) is 165 Å². The van der Waals surface area contributed by atoms with E-state index >= 15 is 0 Å². The summed E-state index contributed by atoms with van der Waals surface area (Å²) in [4.78, 5) is 39.1. The van der Waals surface area contributed by atoms with Gasteiger partial charge >= 0.3 is 0 Å². The van der Waals surface area contributed by atoms with Crippen molar-refractivity contribution in [2.75, 3.05) is 54.1 Å². The van der Waals surface area contributed by atoms with Crippen LogP contribution in [0.1, 0.15) is 208 Å². The van der Waals surface area contributed by atoms with Gasteiger partial charge in [-0.15, -0.1) is 25.5 Å². The van der Waals surface area contributed by atoms with E-state index in [1.807, 2.05) is 125 Å². The molecule has 10 aromatic carbocycles. The molecule has 0 aliphatic heterocycles. The Morgan fingerprint density at radius 1 is 0.290 bits per heavy atom. The lowest BCUT2D eigenvalue weighted by atomic mass is 9.86. The highest BCUT2D eigenvalue weighted by Gasteiger charge is 2.33. The third-order valence-electron chi connectivity index (χ3n) is 22.8. The van der Waals surface area contributed by atoms with Crippen molar-refractivity contribution in [3.8, 4) is 62.9 Å². The maximum absolute atomic E-state index is 13.1. The van der Waals surface area contributed by atoms with E-state index in [4.69, 9.17) is 63.1 Å². The molecule has 0 amide bonds. The molecule has 4 N–H and O–H groups in total. The van der Waals surface area contributed by atoms with Gasteiger partial charge in [0.15, 0.2) is 28.7 Å². The van der Waals surface area contributed by atoms with Gasteiger partial charge in [-0.1, -0.05) is 262 Å². The van der Waals surface area contributed by atoms with Crippen LogP contribution in [0.5, 0.6) is 34.5 Å². The first-order valence-corrected chi connectivity index (χ1v) is 47.6. The molecule has 0 fully saturated rings. The molecular weight excluding hydrogens is 1830 g/mol. The van der Waals surface area contributed by atoms with Crippen LogP contribution >= 0.6 is 23.2 Å². The maximum Gasteiger partial charge on any atom is 0.229 e. The highest BCUT2D eigenvalue weighted by atomic mass is 35.5. The Kier molecular flexibility index (Phi) is 31.9. The molecule has 0 bridgehead atoms. The quantitative estimate of drug-likeness (QED) is 0.0631. The van der Waals surface area contributed by atoms with Crippen molar-refractivity contribution in [2.45, 2.75) is 185 Å². The lowest BCUT2D eigenvalue weighted by Gasteiger charge is -2.19. The molecule has 0 unspecified atom stereocenters. The van der Waals surface area contributed by atoms with Gasteiger partial charge in [0.1, 0.15) is 62.9 Å². The van der Waals surface area contributed by atoms with Crippen molar-refractivity contribution in [3.05, 3.63) is 312 Å². The second kappa shape index (κ2) is 42.2. The fourth-order valence-electron chi connectivity index (χ4n) is 14.4. The first kappa shape index (κ1) is 104. The number of nitrogens with zero attached hydrogens (tertiary/aromatic N) is 15. The number of ketones is 3. The van der Waals surface area contributed by atoms with Crippen molar-refractivity contribution in [1.82, 2.24) is 75.0 Å². The summed E-state index contributed by atoms with van der Waals surface area (Å²) >= 11 is 12.2. The summed E-state index contributed by atoms with van der Waals surface area (Å²) in [6.45, 7) is 41.0. The van der Waals surface area contributed by atoms with Gasteiger partial charge in [0, 0.05) is 32.8 Å². The molecule has 0 aliphatic rings. The average Bonchev–Trinajstić information content (AvgIpc) is 1.61. The number of sulfone groups is 2. The van der Waals surface area contributed by atoms with Crippen molar-refractivity contribution in [3.63, 3.8) is 0 Å². The molecule has 0 aliphatic carbocycles. The van der Waals surface area contributed by atoms with Crippen molar-refractivity contribution in [2.24, 2.45) is 0 Å². The van der Waals surface area contributed by atoms with E-state index in [-0.39, 0.29) is 75.9 Å². The van der Waals surface area contributed by atoms with E-state index in [9.17, 15) is 31.2 Å². The SMILES string of the molecule is COc1ccc(C)cc1-n1nnc(C(=O)c2ccc(C(C)(C)C)cc2)c1C.COc1ccc(C)cc1-n1nnc(S(=O)(=O)c2ccc(C(C)(C)C)cc2)c1N.COc1ccc(Cl)cc1-n1nnc(C(=O)c2ccc(C(C)(C)C)cc2)c1C.COc1ccc(Cl)cc1-n1nnc(S(=O)(=O)c2ccc(C(C)(C)C)cc2)c1N.COc1ccc(OC)c(-n2nnc(C(=O)c3ccc(C(C)(C)C)cc3)c2C)c1. The first-order chi connectivity index (χ1) is 64.8. The van der Waals surface area contributed by atoms with Crippen molar-refractivity contribution >= 4 is 71.9 Å². The normalized spacial score (nSPS) is 11.7. The zero-order valence-corrected chi connectivity index (χ0v) is 85.6. The summed E-state index contributed by atoms with van der Waals surface area (Å²) in [7, 11) is 1.52. The van der Waals surface area contributed by atoms with E-state index < -0.39 is 19.7 Å². The van der Waals surface area contributed by atoms with Gasteiger partial charge in [-0.3, -0.25) is 14.4 Å². The van der Waals surface area contributed by atoms with Gasteiger partial charge in [-0.05, 0) is 198 Å². The Morgan fingerprint density at radius 2 is 0.522 bits per heavy atom. The predicted molar refractivity (Wildman–Crippen MR) is 536 cm³/mol. The smallest absolute Gasteiger partial charge is 0.229 e. The van der Waals surface area contributed by atoms with Gasteiger partial charge in [-0.2, -0.15) is 9.36 Å². The molecule has 0 radical (unpaired) electrons. The number of rotatable bonds is 21. The van der Waals surface area contributed by atoms with Crippen molar-refractivity contribution in [1.29, 1.82) is 0 Å². The summed E-state index contributed by atoms with van der Waals surface area (Å²) < 4.78 is 91.6. The minimum atomic E-state index is -3.94. The van der Waals surface area contributed by atoms with E-state index in [2.05, 4.69) is 155 Å². The number of nitrogen functional groups attached to an aromatic ring is 2. The van der Waals surface area contributed by atoms with Gasteiger partial charge < -0.3 is 39.9 Å². The fraction of sp³-hybridized carbons (Fsp3) is 0.298. The summed E-state index contributed by atoms with van der Waals surface area (Å²) in [6.07, 6.45) is 0. The number of hydrogen-bond donors (Lipinski definition) is 2. The summed E-state index contributed by atoms with van der Waals surface area (Å²) in [5.74, 6) is 2.85. The number of carbonyl (C=O) groups excluding carboxylic acids is 3. The Morgan fingerprint density at radius 3 is 0.790 bits per heavy atom. The molecule has 5 aromatic heterocycles. The highest BCUT2D eigenvalue weighted by molar-refractivity contribution is 7.91. The molecule has 15 aromatic rings. The molecule has 722 valence electrons. The van der Waals surface area contributed by atoms with Crippen LogP contribution in [-0.4, -0.2) is 152 Å². The summed E-state index contributed by atoms with van der Waals surface area (Å²) in [6, 6.07) is 63.1. The minimum Gasteiger partial charge on any atom is -0.497 e. The number of carbonyl (C=O) groups is 3. The molecule has 30 nitrogen and oxygen atoms in total. The van der Waals surface area contributed by atoms with E-state index in [0.717, 1.165) is 27.9 Å². The number of halogens is 2. The maximum atomic E-state index is 13.1. The number of benzene rings is 10. The van der Waals surface area contributed by atoms with Crippen LogP contribution in [0.15, 0.2) is 232 Å².